The van der Waals surface area contributed by atoms with E-state index in [0.717, 1.165) is 11.1 Å². The van der Waals surface area contributed by atoms with Crippen LogP contribution in [0.5, 0.6) is 0 Å². The zero-order valence-electron chi connectivity index (χ0n) is 10.1. The first-order valence-electron chi connectivity index (χ1n) is 5.46. The number of hydrogen-bond acceptors (Lipinski definition) is 6. The van der Waals surface area contributed by atoms with Crippen LogP contribution >= 0.6 is 11.3 Å². The van der Waals surface area contributed by atoms with Crippen molar-refractivity contribution in [3.63, 3.8) is 0 Å². The third-order valence-corrected chi connectivity index (χ3v) is 3.27. The molecular formula is C12H13N3O2S. The lowest BCUT2D eigenvalue weighted by Crippen LogP contribution is -2.10. The summed E-state index contributed by atoms with van der Waals surface area (Å²) in [6.45, 7) is 4.01. The molecule has 0 atom stereocenters. The lowest BCUT2D eigenvalue weighted by molar-refractivity contribution is 0.0527. The van der Waals surface area contributed by atoms with Crippen LogP contribution in [0.2, 0.25) is 0 Å². The summed E-state index contributed by atoms with van der Waals surface area (Å²) in [5.41, 5.74) is 7.98. The Hall–Kier alpha value is -1.95. The highest BCUT2D eigenvalue weighted by Crippen LogP contribution is 2.24. The number of rotatable bonds is 3. The number of carbonyl (C=O) groups excluding carboxylic acids is 1. The molecule has 0 spiro atoms. The molecule has 0 aromatic carbocycles. The Kier molecular flexibility index (Phi) is 3.57. The van der Waals surface area contributed by atoms with Crippen molar-refractivity contribution in [2.24, 2.45) is 0 Å². The van der Waals surface area contributed by atoms with Crippen LogP contribution in [0.4, 0.5) is 5.82 Å². The number of aryl methyl sites for hydroxylation is 1. The maximum absolute atomic E-state index is 11.6. The summed E-state index contributed by atoms with van der Waals surface area (Å²) in [4.78, 5) is 19.9. The maximum Gasteiger partial charge on any atom is 0.343 e. The smallest absolute Gasteiger partial charge is 0.343 e. The molecule has 18 heavy (non-hydrogen) atoms. The minimum absolute atomic E-state index is 0.143. The van der Waals surface area contributed by atoms with E-state index in [1.54, 1.807) is 18.3 Å². The van der Waals surface area contributed by atoms with E-state index in [1.807, 2.05) is 17.7 Å². The Morgan fingerprint density at radius 1 is 1.50 bits per heavy atom. The fourth-order valence-corrected chi connectivity index (χ4v) is 2.31. The second-order valence-electron chi connectivity index (χ2n) is 3.68. The molecule has 2 heterocycles. The number of nitrogens with zero attached hydrogens (tertiary/aromatic N) is 2. The molecule has 2 aromatic heterocycles. The van der Waals surface area contributed by atoms with E-state index in [-0.39, 0.29) is 11.4 Å². The number of esters is 1. The van der Waals surface area contributed by atoms with Gasteiger partial charge in [0.1, 0.15) is 11.4 Å². The summed E-state index contributed by atoms with van der Waals surface area (Å²) in [7, 11) is 0. The quantitative estimate of drug-likeness (QED) is 0.859. The van der Waals surface area contributed by atoms with Crippen LogP contribution < -0.4 is 5.73 Å². The zero-order valence-corrected chi connectivity index (χ0v) is 11.0. The van der Waals surface area contributed by atoms with Gasteiger partial charge >= 0.3 is 5.97 Å². The summed E-state index contributed by atoms with van der Waals surface area (Å²) in [5, 5.41) is 3.96. The number of anilines is 1. The van der Waals surface area contributed by atoms with E-state index in [4.69, 9.17) is 10.5 Å². The van der Waals surface area contributed by atoms with Gasteiger partial charge in [0.25, 0.3) is 0 Å². The molecule has 0 fully saturated rings. The van der Waals surface area contributed by atoms with Gasteiger partial charge in [0.2, 0.25) is 0 Å². The van der Waals surface area contributed by atoms with Gasteiger partial charge in [0, 0.05) is 17.1 Å². The van der Waals surface area contributed by atoms with Crippen molar-refractivity contribution < 1.29 is 9.53 Å². The molecule has 0 aliphatic carbocycles. The van der Waals surface area contributed by atoms with Crippen LogP contribution in [0.1, 0.15) is 22.8 Å². The molecule has 0 radical (unpaired) electrons. The second kappa shape index (κ2) is 5.14. The Morgan fingerprint density at radius 3 is 2.83 bits per heavy atom. The topological polar surface area (TPSA) is 78.1 Å². The summed E-state index contributed by atoms with van der Waals surface area (Å²) < 4.78 is 4.87. The average molecular weight is 263 g/mol. The van der Waals surface area contributed by atoms with E-state index < -0.39 is 5.97 Å². The van der Waals surface area contributed by atoms with Crippen LogP contribution in [-0.4, -0.2) is 22.5 Å². The van der Waals surface area contributed by atoms with Crippen molar-refractivity contribution >= 4 is 23.1 Å². The number of hydrogen-bond donors (Lipinski definition) is 1. The highest BCUT2D eigenvalue weighted by Gasteiger charge is 2.15. The molecule has 2 N–H and O–H groups in total. The van der Waals surface area contributed by atoms with E-state index >= 15 is 0 Å². The number of ether oxygens (including phenoxy) is 1. The number of carbonyl (C=O) groups is 1. The van der Waals surface area contributed by atoms with E-state index in [0.29, 0.717) is 12.4 Å². The standard InChI is InChI=1S/C12H13N3O2S/c1-3-17-12(16)8-4-14-11(15-10(8)13)9-6-18-5-7(9)2/h4-6H,3H2,1-2H3,(H2,13,14,15). The van der Waals surface area contributed by atoms with Gasteiger partial charge in [-0.3, -0.25) is 0 Å². The Labute approximate surface area is 109 Å². The van der Waals surface area contributed by atoms with Crippen LogP contribution in [-0.2, 0) is 4.74 Å². The Balaban J connectivity index is 2.36. The van der Waals surface area contributed by atoms with Crippen molar-refractivity contribution in [2.75, 3.05) is 12.3 Å². The minimum atomic E-state index is -0.497. The minimum Gasteiger partial charge on any atom is -0.462 e. The first-order chi connectivity index (χ1) is 8.63. The molecule has 5 nitrogen and oxygen atoms in total. The first kappa shape index (κ1) is 12.5. The molecule has 6 heteroatoms. The Morgan fingerprint density at radius 2 is 2.28 bits per heavy atom. The summed E-state index contributed by atoms with van der Waals surface area (Å²) in [6, 6.07) is 0. The molecule has 0 saturated carbocycles. The van der Waals surface area contributed by atoms with Gasteiger partial charge in [-0.05, 0) is 24.8 Å². The van der Waals surface area contributed by atoms with Gasteiger partial charge in [-0.25, -0.2) is 14.8 Å². The SMILES string of the molecule is CCOC(=O)c1cnc(-c2cscc2C)nc1N. The van der Waals surface area contributed by atoms with E-state index in [1.165, 1.54) is 6.20 Å². The van der Waals surface area contributed by atoms with Crippen molar-refractivity contribution in [1.82, 2.24) is 9.97 Å². The van der Waals surface area contributed by atoms with Crippen molar-refractivity contribution in [3.8, 4) is 11.4 Å². The lowest BCUT2D eigenvalue weighted by atomic mass is 10.2. The van der Waals surface area contributed by atoms with Gasteiger partial charge in [-0.2, -0.15) is 11.3 Å². The normalized spacial score (nSPS) is 10.3. The fraction of sp³-hybridized carbons (Fsp3) is 0.250. The fourth-order valence-electron chi connectivity index (χ4n) is 1.48. The maximum atomic E-state index is 11.6. The third kappa shape index (κ3) is 2.33. The van der Waals surface area contributed by atoms with Crippen LogP contribution in [0.15, 0.2) is 17.0 Å². The molecular weight excluding hydrogens is 250 g/mol. The van der Waals surface area contributed by atoms with Crippen LogP contribution in [0.3, 0.4) is 0 Å². The molecule has 0 bridgehead atoms. The van der Waals surface area contributed by atoms with E-state index in [9.17, 15) is 4.79 Å². The van der Waals surface area contributed by atoms with Crippen LogP contribution in [0, 0.1) is 6.92 Å². The highest BCUT2D eigenvalue weighted by atomic mass is 32.1. The molecule has 94 valence electrons. The largest absolute Gasteiger partial charge is 0.462 e. The zero-order chi connectivity index (χ0) is 13.1. The van der Waals surface area contributed by atoms with Crippen molar-refractivity contribution in [2.45, 2.75) is 13.8 Å². The summed E-state index contributed by atoms with van der Waals surface area (Å²) in [5.74, 6) is 0.173. The summed E-state index contributed by atoms with van der Waals surface area (Å²) >= 11 is 1.57. The van der Waals surface area contributed by atoms with Gasteiger partial charge in [-0.15, -0.1) is 0 Å². The monoisotopic (exact) mass is 263 g/mol. The molecule has 0 saturated heterocycles. The number of aromatic nitrogens is 2. The number of thiophene rings is 1. The second-order valence-corrected chi connectivity index (χ2v) is 4.43. The van der Waals surface area contributed by atoms with Crippen LogP contribution in [0.25, 0.3) is 11.4 Å². The van der Waals surface area contributed by atoms with Gasteiger partial charge < -0.3 is 10.5 Å². The molecule has 0 unspecified atom stereocenters. The highest BCUT2D eigenvalue weighted by molar-refractivity contribution is 7.08. The molecule has 2 rings (SSSR count). The van der Waals surface area contributed by atoms with E-state index in [2.05, 4.69) is 9.97 Å². The van der Waals surface area contributed by atoms with Gasteiger partial charge in [-0.1, -0.05) is 0 Å². The van der Waals surface area contributed by atoms with Crippen molar-refractivity contribution in [3.05, 3.63) is 28.1 Å². The van der Waals surface area contributed by atoms with Gasteiger partial charge in [0.05, 0.1) is 6.61 Å². The third-order valence-electron chi connectivity index (χ3n) is 2.41. The molecule has 2 aromatic rings. The molecule has 0 aliphatic rings. The predicted octanol–water partition coefficient (Wildman–Crippen LogP) is 2.27. The lowest BCUT2D eigenvalue weighted by Gasteiger charge is -2.05. The van der Waals surface area contributed by atoms with Gasteiger partial charge in [0.15, 0.2) is 5.82 Å². The number of nitrogen functional groups attached to an aromatic ring is 1. The first-order valence-corrected chi connectivity index (χ1v) is 6.40. The number of nitrogens with two attached hydrogens (primary N) is 1. The Bertz CT molecular complexity index is 580. The average Bonchev–Trinajstić information content (AvgIpc) is 2.75. The molecule has 0 aliphatic heterocycles. The van der Waals surface area contributed by atoms with Crippen molar-refractivity contribution in [1.29, 1.82) is 0 Å². The summed E-state index contributed by atoms with van der Waals surface area (Å²) in [6.07, 6.45) is 1.41. The molecule has 0 amide bonds. The predicted molar refractivity (Wildman–Crippen MR) is 70.5 cm³/mol.